The Bertz CT molecular complexity index is 969. The Hall–Kier alpha value is -2.46. The second-order valence-electron chi connectivity index (χ2n) is 7.81. The molecule has 164 valence electrons. The first kappa shape index (κ1) is 21.8. The molecule has 0 spiro atoms. The van der Waals surface area contributed by atoms with Crippen LogP contribution in [0.1, 0.15) is 55.8 Å². The molecule has 4 rings (SSSR count). The van der Waals surface area contributed by atoms with E-state index in [1.165, 1.54) is 30.0 Å². The van der Waals surface area contributed by atoms with Crippen LogP contribution >= 0.6 is 23.1 Å². The highest BCUT2D eigenvalue weighted by Crippen LogP contribution is 2.35. The fourth-order valence-corrected chi connectivity index (χ4v) is 5.43. The summed E-state index contributed by atoms with van der Waals surface area (Å²) in [4.78, 5) is 38.7. The summed E-state index contributed by atoms with van der Waals surface area (Å²) in [5, 5.41) is 14.7. The molecule has 2 aromatic rings. The lowest BCUT2D eigenvalue weighted by molar-refractivity contribution is -0.116. The van der Waals surface area contributed by atoms with Gasteiger partial charge < -0.3 is 10.6 Å². The van der Waals surface area contributed by atoms with Crippen LogP contribution in [-0.2, 0) is 9.59 Å². The average molecular weight is 460 g/mol. The molecule has 1 heterocycles. The third-order valence-corrected chi connectivity index (χ3v) is 7.37. The van der Waals surface area contributed by atoms with Crippen LogP contribution < -0.4 is 15.5 Å². The second kappa shape index (κ2) is 9.78. The van der Waals surface area contributed by atoms with Gasteiger partial charge in [-0.2, -0.15) is 0 Å². The zero-order valence-corrected chi connectivity index (χ0v) is 18.9. The number of hydrogen-bond acceptors (Lipinski definition) is 7. The smallest absolute Gasteiger partial charge is 0.253 e. The molecule has 2 N–H and O–H groups in total. The van der Waals surface area contributed by atoms with Crippen molar-refractivity contribution in [2.75, 3.05) is 16.0 Å². The van der Waals surface area contributed by atoms with Crippen LogP contribution in [-0.4, -0.2) is 45.8 Å². The fourth-order valence-electron chi connectivity index (χ4n) is 3.68. The van der Waals surface area contributed by atoms with Crippen LogP contribution in [0.3, 0.4) is 0 Å². The third-order valence-electron chi connectivity index (χ3n) is 5.32. The first-order valence-corrected chi connectivity index (χ1v) is 12.3. The van der Waals surface area contributed by atoms with Gasteiger partial charge in [0.25, 0.3) is 5.91 Å². The number of nitrogens with zero attached hydrogens (tertiary/aromatic N) is 3. The van der Waals surface area contributed by atoms with E-state index >= 15 is 0 Å². The highest BCUT2D eigenvalue weighted by Gasteiger charge is 2.34. The number of thioether (sulfide) groups is 1. The van der Waals surface area contributed by atoms with Gasteiger partial charge >= 0.3 is 0 Å². The largest absolute Gasteiger partial charge is 0.349 e. The highest BCUT2D eigenvalue weighted by molar-refractivity contribution is 8.01. The number of nitrogens with one attached hydrogen (secondary N) is 2. The maximum Gasteiger partial charge on any atom is 0.253 e. The molecule has 1 aromatic carbocycles. The molecular weight excluding hydrogens is 434 g/mol. The van der Waals surface area contributed by atoms with Gasteiger partial charge in [0.15, 0.2) is 4.34 Å². The van der Waals surface area contributed by atoms with E-state index < -0.39 is 0 Å². The number of rotatable bonds is 8. The van der Waals surface area contributed by atoms with Crippen molar-refractivity contribution in [1.29, 1.82) is 0 Å². The van der Waals surface area contributed by atoms with Crippen molar-refractivity contribution in [3.8, 4) is 0 Å². The van der Waals surface area contributed by atoms with Gasteiger partial charge in [0, 0.05) is 19.0 Å². The molecule has 0 unspecified atom stereocenters. The number of carbonyl (C=O) groups is 3. The Morgan fingerprint density at radius 3 is 2.58 bits per heavy atom. The standard InChI is InChI=1S/C21H25N5O3S2/c1-13(27)26(15-10-11-15)20-24-25-21(31-20)30-12-18(28)23-17-9-5-4-8-16(17)19(29)22-14-6-2-3-7-14/h4-5,8-9,14-15H,2-3,6-7,10-12H2,1H3,(H,22,29)(H,23,28). The number of benzene rings is 1. The van der Waals surface area contributed by atoms with E-state index in [0.717, 1.165) is 38.5 Å². The number of carbonyl (C=O) groups excluding carboxylic acids is 3. The van der Waals surface area contributed by atoms with Gasteiger partial charge in [0.1, 0.15) is 0 Å². The molecule has 2 aliphatic carbocycles. The average Bonchev–Trinajstić information content (AvgIpc) is 3.22. The van der Waals surface area contributed by atoms with Gasteiger partial charge in [-0.1, -0.05) is 48.1 Å². The van der Waals surface area contributed by atoms with E-state index in [-0.39, 0.29) is 35.6 Å². The summed E-state index contributed by atoms with van der Waals surface area (Å²) in [6.45, 7) is 1.53. The predicted molar refractivity (Wildman–Crippen MR) is 122 cm³/mol. The van der Waals surface area contributed by atoms with Crippen molar-refractivity contribution in [2.45, 2.75) is 61.9 Å². The first-order valence-electron chi connectivity index (χ1n) is 10.5. The molecular formula is C21H25N5O3S2. The Kier molecular flexibility index (Phi) is 6.86. The molecule has 2 aliphatic rings. The van der Waals surface area contributed by atoms with Crippen molar-refractivity contribution in [1.82, 2.24) is 15.5 Å². The molecule has 2 saturated carbocycles. The van der Waals surface area contributed by atoms with E-state index in [1.54, 1.807) is 29.2 Å². The zero-order valence-electron chi connectivity index (χ0n) is 17.3. The molecule has 3 amide bonds. The monoisotopic (exact) mass is 459 g/mol. The van der Waals surface area contributed by atoms with Gasteiger partial charge in [0.05, 0.1) is 17.0 Å². The lowest BCUT2D eigenvalue weighted by atomic mass is 10.1. The Labute approximate surface area is 189 Å². The van der Waals surface area contributed by atoms with Gasteiger partial charge in [-0.3, -0.25) is 19.3 Å². The SMILES string of the molecule is CC(=O)N(c1nnc(SCC(=O)Nc2ccccc2C(=O)NC2CCCC2)s1)C1CC1. The number of hydrogen-bond donors (Lipinski definition) is 2. The molecule has 0 atom stereocenters. The summed E-state index contributed by atoms with van der Waals surface area (Å²) >= 11 is 2.58. The van der Waals surface area contributed by atoms with Gasteiger partial charge in [-0.25, -0.2) is 0 Å². The van der Waals surface area contributed by atoms with Crippen LogP contribution in [0.2, 0.25) is 0 Å². The molecule has 10 heteroatoms. The minimum absolute atomic E-state index is 0.0413. The normalized spacial score (nSPS) is 16.2. The molecule has 1 aromatic heterocycles. The minimum Gasteiger partial charge on any atom is -0.349 e. The van der Waals surface area contributed by atoms with E-state index in [1.807, 2.05) is 0 Å². The molecule has 0 bridgehead atoms. The quantitative estimate of drug-likeness (QED) is 0.463. The fraction of sp³-hybridized carbons (Fsp3) is 0.476. The van der Waals surface area contributed by atoms with Crippen LogP contribution in [0.5, 0.6) is 0 Å². The summed E-state index contributed by atoms with van der Waals surface area (Å²) in [5.41, 5.74) is 0.963. The van der Waals surface area contributed by atoms with E-state index in [4.69, 9.17) is 0 Å². The first-order chi connectivity index (χ1) is 15.0. The molecule has 0 aliphatic heterocycles. The molecule has 31 heavy (non-hydrogen) atoms. The van der Waals surface area contributed by atoms with E-state index in [2.05, 4.69) is 20.8 Å². The topological polar surface area (TPSA) is 104 Å². The summed E-state index contributed by atoms with van der Waals surface area (Å²) < 4.78 is 0.629. The zero-order chi connectivity index (χ0) is 21.8. The summed E-state index contributed by atoms with van der Waals surface area (Å²) in [5.74, 6) is -0.293. The molecule has 8 nitrogen and oxygen atoms in total. The van der Waals surface area contributed by atoms with Gasteiger partial charge in [-0.05, 0) is 37.8 Å². The number of amides is 3. The van der Waals surface area contributed by atoms with Crippen molar-refractivity contribution in [3.63, 3.8) is 0 Å². The van der Waals surface area contributed by atoms with Crippen molar-refractivity contribution < 1.29 is 14.4 Å². The Balaban J connectivity index is 1.33. The Morgan fingerprint density at radius 1 is 1.13 bits per heavy atom. The van der Waals surface area contributed by atoms with Crippen LogP contribution in [0, 0.1) is 0 Å². The van der Waals surface area contributed by atoms with E-state index in [9.17, 15) is 14.4 Å². The molecule has 0 saturated heterocycles. The summed E-state index contributed by atoms with van der Waals surface area (Å²) in [6, 6.07) is 7.47. The minimum atomic E-state index is -0.228. The summed E-state index contributed by atoms with van der Waals surface area (Å²) in [6.07, 6.45) is 6.25. The van der Waals surface area contributed by atoms with Crippen molar-refractivity contribution >= 4 is 51.6 Å². The number of aromatic nitrogens is 2. The lowest BCUT2D eigenvalue weighted by Gasteiger charge is -2.15. The predicted octanol–water partition coefficient (Wildman–Crippen LogP) is 3.46. The van der Waals surface area contributed by atoms with Crippen molar-refractivity contribution in [2.24, 2.45) is 0 Å². The maximum atomic E-state index is 12.6. The Morgan fingerprint density at radius 2 is 1.87 bits per heavy atom. The van der Waals surface area contributed by atoms with Crippen LogP contribution in [0.15, 0.2) is 28.6 Å². The molecule has 2 fully saturated rings. The molecule has 0 radical (unpaired) electrons. The van der Waals surface area contributed by atoms with Gasteiger partial charge in [-0.15, -0.1) is 10.2 Å². The van der Waals surface area contributed by atoms with Gasteiger partial charge in [0.2, 0.25) is 16.9 Å². The maximum absolute atomic E-state index is 12.6. The van der Waals surface area contributed by atoms with E-state index in [0.29, 0.717) is 20.7 Å². The number of anilines is 2. The van der Waals surface area contributed by atoms with Crippen molar-refractivity contribution in [3.05, 3.63) is 29.8 Å². The third kappa shape index (κ3) is 5.62. The lowest BCUT2D eigenvalue weighted by Crippen LogP contribution is -2.33. The highest BCUT2D eigenvalue weighted by atomic mass is 32.2. The number of para-hydroxylation sites is 1. The van der Waals surface area contributed by atoms with Crippen LogP contribution in [0.4, 0.5) is 10.8 Å². The second-order valence-corrected chi connectivity index (χ2v) is 9.99. The summed E-state index contributed by atoms with van der Waals surface area (Å²) in [7, 11) is 0. The van der Waals surface area contributed by atoms with Crippen LogP contribution in [0.25, 0.3) is 0 Å².